The standard InChI is InChI=1S/C16H31N2O4P/c1-5-10-14-15(23(20,21-6-2)22-7-3)13(4)18(19)16(14)17-11-8-9-12-17/h14-16H,5-12H2,1-4H3/t14-,15-,16-/m0/s1. The average Bonchev–Trinajstić information content (AvgIpc) is 3.08. The second-order valence-electron chi connectivity index (χ2n) is 6.40. The minimum atomic E-state index is -3.33. The highest BCUT2D eigenvalue weighted by Crippen LogP contribution is 2.59. The first-order valence-electron chi connectivity index (χ1n) is 8.92. The highest BCUT2D eigenvalue weighted by Gasteiger charge is 2.57. The van der Waals surface area contributed by atoms with E-state index in [-0.39, 0.29) is 12.1 Å². The summed E-state index contributed by atoms with van der Waals surface area (Å²) in [7, 11) is -3.33. The van der Waals surface area contributed by atoms with Gasteiger partial charge in [-0.05, 0) is 33.1 Å². The van der Waals surface area contributed by atoms with E-state index in [1.807, 2.05) is 13.8 Å². The van der Waals surface area contributed by atoms with Crippen molar-refractivity contribution >= 4 is 13.3 Å². The van der Waals surface area contributed by atoms with Gasteiger partial charge in [0.1, 0.15) is 0 Å². The highest BCUT2D eigenvalue weighted by atomic mass is 31.2. The van der Waals surface area contributed by atoms with Gasteiger partial charge in [0.15, 0.2) is 11.4 Å². The maximum absolute atomic E-state index is 13.4. The summed E-state index contributed by atoms with van der Waals surface area (Å²) in [6.07, 6.45) is 3.83. The van der Waals surface area contributed by atoms with E-state index in [9.17, 15) is 9.77 Å². The summed E-state index contributed by atoms with van der Waals surface area (Å²) in [4.78, 5) is 2.25. The minimum absolute atomic E-state index is 0.000432. The van der Waals surface area contributed by atoms with Crippen molar-refractivity contribution in [3.05, 3.63) is 5.21 Å². The van der Waals surface area contributed by atoms with Crippen LogP contribution in [0.1, 0.15) is 53.4 Å². The predicted octanol–water partition coefficient (Wildman–Crippen LogP) is 3.44. The van der Waals surface area contributed by atoms with Crippen molar-refractivity contribution in [3.63, 3.8) is 0 Å². The Bertz CT molecular complexity index is 467. The van der Waals surface area contributed by atoms with Gasteiger partial charge in [0.2, 0.25) is 6.17 Å². The lowest BCUT2D eigenvalue weighted by Gasteiger charge is -2.30. The van der Waals surface area contributed by atoms with Crippen LogP contribution in [-0.2, 0) is 13.6 Å². The Morgan fingerprint density at radius 1 is 1.22 bits per heavy atom. The van der Waals surface area contributed by atoms with Gasteiger partial charge >= 0.3 is 7.60 Å². The third-order valence-corrected chi connectivity index (χ3v) is 7.57. The first kappa shape index (κ1) is 18.9. The van der Waals surface area contributed by atoms with E-state index in [1.54, 1.807) is 6.92 Å². The Balaban J connectivity index is 2.37. The van der Waals surface area contributed by atoms with Crippen molar-refractivity contribution in [2.45, 2.75) is 65.2 Å². The fourth-order valence-corrected chi connectivity index (χ4v) is 6.53. The van der Waals surface area contributed by atoms with Crippen LogP contribution in [0.5, 0.6) is 0 Å². The van der Waals surface area contributed by atoms with Gasteiger partial charge in [-0.2, -0.15) is 4.74 Å². The lowest BCUT2D eigenvalue weighted by atomic mass is 9.96. The van der Waals surface area contributed by atoms with Gasteiger partial charge in [-0.1, -0.05) is 13.3 Å². The van der Waals surface area contributed by atoms with Crippen molar-refractivity contribution in [2.24, 2.45) is 5.92 Å². The molecule has 0 amide bonds. The van der Waals surface area contributed by atoms with Gasteiger partial charge < -0.3 is 14.3 Å². The first-order valence-corrected chi connectivity index (χ1v) is 10.5. The van der Waals surface area contributed by atoms with Crippen molar-refractivity contribution in [1.82, 2.24) is 4.90 Å². The van der Waals surface area contributed by atoms with Gasteiger partial charge in [0, 0.05) is 20.0 Å². The van der Waals surface area contributed by atoms with Crippen molar-refractivity contribution in [3.8, 4) is 0 Å². The number of rotatable bonds is 8. The minimum Gasteiger partial charge on any atom is -0.623 e. The molecule has 23 heavy (non-hydrogen) atoms. The topological polar surface area (TPSA) is 64.8 Å². The van der Waals surface area contributed by atoms with Crippen LogP contribution in [0.3, 0.4) is 0 Å². The molecule has 0 radical (unpaired) electrons. The summed E-state index contributed by atoms with van der Waals surface area (Å²) in [5, 5.41) is 12.8. The molecular weight excluding hydrogens is 315 g/mol. The lowest BCUT2D eigenvalue weighted by molar-refractivity contribution is -0.529. The Labute approximate surface area is 140 Å². The largest absolute Gasteiger partial charge is 0.623 e. The second-order valence-corrected chi connectivity index (χ2v) is 8.55. The van der Waals surface area contributed by atoms with Gasteiger partial charge in [-0.3, -0.25) is 4.57 Å². The van der Waals surface area contributed by atoms with Crippen LogP contribution in [0.4, 0.5) is 0 Å². The molecule has 0 aromatic rings. The molecule has 134 valence electrons. The third kappa shape index (κ3) is 3.65. The van der Waals surface area contributed by atoms with Crippen molar-refractivity contribution in [2.75, 3.05) is 26.3 Å². The molecule has 3 atom stereocenters. The molecule has 6 nitrogen and oxygen atoms in total. The van der Waals surface area contributed by atoms with Crippen LogP contribution >= 0.6 is 7.60 Å². The van der Waals surface area contributed by atoms with Gasteiger partial charge in [-0.15, -0.1) is 0 Å². The SMILES string of the molecule is CCC[C@@H]1[C@@H](N2CCCC2)[N+]([O-])=C(C)[C@@H]1P(=O)(OCC)OCC. The molecule has 0 aromatic carbocycles. The molecule has 0 aliphatic carbocycles. The lowest BCUT2D eigenvalue weighted by Crippen LogP contribution is -2.43. The molecule has 0 spiro atoms. The first-order chi connectivity index (χ1) is 11.0. The highest BCUT2D eigenvalue weighted by molar-refractivity contribution is 7.55. The molecule has 0 saturated carbocycles. The molecule has 0 aromatic heterocycles. The van der Waals surface area contributed by atoms with Crippen LogP contribution < -0.4 is 0 Å². The van der Waals surface area contributed by atoms with E-state index < -0.39 is 13.3 Å². The molecule has 2 heterocycles. The summed E-state index contributed by atoms with van der Waals surface area (Å²) < 4.78 is 25.6. The molecule has 2 aliphatic heterocycles. The van der Waals surface area contributed by atoms with Crippen molar-refractivity contribution < 1.29 is 18.4 Å². The number of nitrogens with zero attached hydrogens (tertiary/aromatic N) is 2. The van der Waals surface area contributed by atoms with Crippen molar-refractivity contribution in [1.29, 1.82) is 0 Å². The average molecular weight is 346 g/mol. The normalized spacial score (nSPS) is 29.7. The molecule has 1 fully saturated rings. The molecule has 0 N–H and O–H groups in total. The van der Waals surface area contributed by atoms with Crippen LogP contribution in [0.25, 0.3) is 0 Å². The number of likely N-dealkylation sites (tertiary alicyclic amines) is 1. The second kappa shape index (κ2) is 8.11. The molecule has 2 rings (SSSR count). The van der Waals surface area contributed by atoms with E-state index in [0.29, 0.717) is 18.9 Å². The maximum atomic E-state index is 13.4. The van der Waals surface area contributed by atoms with E-state index in [0.717, 1.165) is 43.5 Å². The molecule has 7 heteroatoms. The Hall–Kier alpha value is -0.420. The number of hydrogen-bond acceptors (Lipinski definition) is 5. The summed E-state index contributed by atoms with van der Waals surface area (Å²) >= 11 is 0. The summed E-state index contributed by atoms with van der Waals surface area (Å²) in [5.74, 6) is -0.000432. The van der Waals surface area contributed by atoms with Crippen LogP contribution in [0.15, 0.2) is 0 Å². The summed E-state index contributed by atoms with van der Waals surface area (Å²) in [6.45, 7) is 10.1. The summed E-state index contributed by atoms with van der Waals surface area (Å²) in [6, 6.07) is 0. The Kier molecular flexibility index (Phi) is 6.66. The zero-order valence-electron chi connectivity index (χ0n) is 14.9. The van der Waals surface area contributed by atoms with E-state index in [4.69, 9.17) is 9.05 Å². The van der Waals surface area contributed by atoms with E-state index in [1.165, 1.54) is 0 Å². The van der Waals surface area contributed by atoms with Gasteiger partial charge in [0.05, 0.1) is 19.1 Å². The third-order valence-electron chi connectivity index (χ3n) is 4.90. The number of hydroxylamine groups is 1. The van der Waals surface area contributed by atoms with Crippen LogP contribution in [0.2, 0.25) is 0 Å². The van der Waals surface area contributed by atoms with Gasteiger partial charge in [0.25, 0.3) is 0 Å². The molecule has 2 aliphatic rings. The Morgan fingerprint density at radius 2 is 1.78 bits per heavy atom. The monoisotopic (exact) mass is 346 g/mol. The quantitative estimate of drug-likeness (QED) is 0.383. The Morgan fingerprint density at radius 3 is 2.26 bits per heavy atom. The molecule has 1 saturated heterocycles. The molecule has 0 unspecified atom stereocenters. The fraction of sp³-hybridized carbons (Fsp3) is 0.938. The summed E-state index contributed by atoms with van der Waals surface area (Å²) in [5.41, 5.74) is 0.177. The molecule has 0 bridgehead atoms. The van der Waals surface area contributed by atoms with E-state index >= 15 is 0 Å². The predicted molar refractivity (Wildman–Crippen MR) is 91.9 cm³/mol. The maximum Gasteiger partial charge on any atom is 0.344 e. The van der Waals surface area contributed by atoms with Crippen LogP contribution in [0, 0.1) is 11.1 Å². The van der Waals surface area contributed by atoms with E-state index in [2.05, 4.69) is 11.8 Å². The fourth-order valence-electron chi connectivity index (χ4n) is 4.07. The smallest absolute Gasteiger partial charge is 0.344 e. The van der Waals surface area contributed by atoms with Crippen LogP contribution in [-0.4, -0.2) is 53.5 Å². The zero-order chi connectivity index (χ0) is 17.0. The number of hydrogen-bond donors (Lipinski definition) is 0. The molecular formula is C16H31N2O4P. The van der Waals surface area contributed by atoms with Gasteiger partial charge in [-0.25, -0.2) is 4.90 Å². The zero-order valence-corrected chi connectivity index (χ0v) is 15.8.